The van der Waals surface area contributed by atoms with E-state index < -0.39 is 0 Å². The Hall–Kier alpha value is -0.790. The molecule has 0 aliphatic carbocycles. The lowest BCUT2D eigenvalue weighted by Crippen LogP contribution is -1.98. The molecule has 0 unspecified atom stereocenters. The fourth-order valence-electron chi connectivity index (χ4n) is 1.19. The minimum Gasteiger partial charge on any atom is -0.492 e. The van der Waals surface area contributed by atoms with Crippen LogP contribution in [0.2, 0.25) is 0 Å². The first kappa shape index (κ1) is 13.3. The minimum absolute atomic E-state index is 0.660. The Morgan fingerprint density at radius 2 is 2.19 bits per heavy atom. The van der Waals surface area contributed by atoms with Crippen molar-refractivity contribution in [2.75, 3.05) is 6.61 Å². The number of halogens is 2. The molecule has 2 nitrogen and oxygen atoms in total. The summed E-state index contributed by atoms with van der Waals surface area (Å²) in [5.74, 6) is 0.775. The number of hydrogen-bond acceptors (Lipinski definition) is 2. The molecule has 0 heterocycles. The van der Waals surface area contributed by atoms with Crippen molar-refractivity contribution < 1.29 is 4.74 Å². The lowest BCUT2D eigenvalue weighted by molar-refractivity contribution is 0.315. The summed E-state index contributed by atoms with van der Waals surface area (Å²) in [4.78, 5) is 0. The SMILES string of the molecule is CCCOc1c(Br)cc(Br)cc1C=CC#N. The molecule has 0 bridgehead atoms. The number of benzene rings is 1. The van der Waals surface area contributed by atoms with Crippen molar-refractivity contribution in [3.05, 3.63) is 32.7 Å². The third-order valence-electron chi connectivity index (χ3n) is 1.83. The van der Waals surface area contributed by atoms with E-state index in [9.17, 15) is 0 Å². The predicted octanol–water partition coefficient (Wildman–Crippen LogP) is 4.54. The van der Waals surface area contributed by atoms with Crippen molar-refractivity contribution in [3.63, 3.8) is 0 Å². The Balaban J connectivity index is 3.11. The van der Waals surface area contributed by atoms with Crippen molar-refractivity contribution in [1.29, 1.82) is 5.26 Å². The van der Waals surface area contributed by atoms with Crippen LogP contribution in [-0.4, -0.2) is 6.61 Å². The van der Waals surface area contributed by atoms with Crippen LogP contribution in [-0.2, 0) is 0 Å². The first-order valence-corrected chi connectivity index (χ1v) is 6.45. The molecule has 0 atom stereocenters. The molecule has 1 rings (SSSR count). The second-order valence-corrected chi connectivity index (χ2v) is 4.89. The van der Waals surface area contributed by atoms with E-state index in [1.807, 2.05) is 18.2 Å². The van der Waals surface area contributed by atoms with Crippen LogP contribution in [0, 0.1) is 11.3 Å². The zero-order valence-electron chi connectivity index (χ0n) is 8.84. The molecule has 0 N–H and O–H groups in total. The Morgan fingerprint density at radius 3 is 2.81 bits per heavy atom. The van der Waals surface area contributed by atoms with Crippen LogP contribution in [0.25, 0.3) is 6.08 Å². The first-order chi connectivity index (χ1) is 7.69. The van der Waals surface area contributed by atoms with Gasteiger partial charge in [0, 0.05) is 16.1 Å². The average molecular weight is 345 g/mol. The summed E-state index contributed by atoms with van der Waals surface area (Å²) in [6.07, 6.45) is 4.12. The second kappa shape index (κ2) is 6.72. The van der Waals surface area contributed by atoms with Crippen molar-refractivity contribution in [1.82, 2.24) is 0 Å². The van der Waals surface area contributed by atoms with Gasteiger partial charge in [-0.3, -0.25) is 0 Å². The van der Waals surface area contributed by atoms with Gasteiger partial charge in [-0.25, -0.2) is 0 Å². The maximum Gasteiger partial charge on any atom is 0.140 e. The highest BCUT2D eigenvalue weighted by Gasteiger charge is 2.07. The molecule has 0 aliphatic rings. The fraction of sp³-hybridized carbons (Fsp3) is 0.250. The van der Waals surface area contributed by atoms with Crippen LogP contribution in [0.15, 0.2) is 27.2 Å². The molecule has 0 saturated carbocycles. The minimum atomic E-state index is 0.660. The maximum atomic E-state index is 8.53. The normalized spacial score (nSPS) is 10.4. The monoisotopic (exact) mass is 343 g/mol. The van der Waals surface area contributed by atoms with Crippen LogP contribution in [0.4, 0.5) is 0 Å². The van der Waals surface area contributed by atoms with Gasteiger partial charge in [-0.2, -0.15) is 5.26 Å². The van der Waals surface area contributed by atoms with E-state index in [2.05, 4.69) is 38.8 Å². The Kier molecular flexibility index (Phi) is 5.58. The molecule has 0 saturated heterocycles. The van der Waals surface area contributed by atoms with Gasteiger partial charge in [0.05, 0.1) is 17.1 Å². The van der Waals surface area contributed by atoms with E-state index in [4.69, 9.17) is 10.00 Å². The van der Waals surface area contributed by atoms with Crippen molar-refractivity contribution in [2.24, 2.45) is 0 Å². The molecule has 0 radical (unpaired) electrons. The van der Waals surface area contributed by atoms with Crippen LogP contribution in [0.3, 0.4) is 0 Å². The summed E-state index contributed by atoms with van der Waals surface area (Å²) < 4.78 is 7.47. The van der Waals surface area contributed by atoms with E-state index in [1.54, 1.807) is 6.08 Å². The maximum absolute atomic E-state index is 8.53. The molecule has 4 heteroatoms. The summed E-state index contributed by atoms with van der Waals surface area (Å²) in [6.45, 7) is 2.71. The van der Waals surface area contributed by atoms with Crippen LogP contribution >= 0.6 is 31.9 Å². The van der Waals surface area contributed by atoms with Crippen LogP contribution in [0.5, 0.6) is 5.75 Å². The highest BCUT2D eigenvalue weighted by atomic mass is 79.9. The zero-order valence-corrected chi connectivity index (χ0v) is 12.0. The summed E-state index contributed by atoms with van der Waals surface area (Å²) in [5.41, 5.74) is 0.885. The molecular formula is C12H11Br2NO. The fourth-order valence-corrected chi connectivity index (χ4v) is 2.56. The van der Waals surface area contributed by atoms with E-state index in [1.165, 1.54) is 6.08 Å². The standard InChI is InChI=1S/C12H11Br2NO/c1-2-6-16-12-9(4-3-5-15)7-10(13)8-11(12)14/h3-4,7-8H,2,6H2,1H3. The first-order valence-electron chi connectivity index (χ1n) is 4.87. The number of nitrogens with zero attached hydrogens (tertiary/aromatic N) is 1. The van der Waals surface area contributed by atoms with Gasteiger partial charge in [0.25, 0.3) is 0 Å². The summed E-state index contributed by atoms with van der Waals surface area (Å²) in [6, 6.07) is 5.82. The third-order valence-corrected chi connectivity index (χ3v) is 2.87. The summed E-state index contributed by atoms with van der Waals surface area (Å²) in [5, 5.41) is 8.53. The molecule has 0 spiro atoms. The molecule has 0 fully saturated rings. The van der Waals surface area contributed by atoms with Crippen LogP contribution in [0.1, 0.15) is 18.9 Å². The molecule has 84 valence electrons. The molecule has 0 aromatic heterocycles. The number of nitriles is 1. The zero-order chi connectivity index (χ0) is 12.0. The van der Waals surface area contributed by atoms with Gasteiger partial charge in [-0.05, 0) is 40.6 Å². The molecular weight excluding hydrogens is 334 g/mol. The molecule has 1 aromatic rings. The molecule has 1 aromatic carbocycles. The van der Waals surface area contributed by atoms with Gasteiger partial charge in [0.2, 0.25) is 0 Å². The van der Waals surface area contributed by atoms with Gasteiger partial charge >= 0.3 is 0 Å². The predicted molar refractivity (Wildman–Crippen MR) is 72.3 cm³/mol. The Labute approximate surface area is 112 Å². The number of ether oxygens (including phenoxy) is 1. The van der Waals surface area contributed by atoms with Gasteiger partial charge < -0.3 is 4.74 Å². The second-order valence-electron chi connectivity index (χ2n) is 3.12. The van der Waals surface area contributed by atoms with Crippen LogP contribution < -0.4 is 4.74 Å². The van der Waals surface area contributed by atoms with Crippen molar-refractivity contribution in [2.45, 2.75) is 13.3 Å². The Bertz CT molecular complexity index is 435. The lowest BCUT2D eigenvalue weighted by atomic mass is 10.2. The Morgan fingerprint density at radius 1 is 1.44 bits per heavy atom. The highest BCUT2D eigenvalue weighted by molar-refractivity contribution is 9.11. The van der Waals surface area contributed by atoms with Gasteiger partial charge in [0.1, 0.15) is 5.75 Å². The van der Waals surface area contributed by atoms with E-state index in [0.29, 0.717) is 6.61 Å². The van der Waals surface area contributed by atoms with Gasteiger partial charge in [0.15, 0.2) is 0 Å². The number of rotatable bonds is 4. The topological polar surface area (TPSA) is 33.0 Å². The smallest absolute Gasteiger partial charge is 0.140 e. The summed E-state index contributed by atoms with van der Waals surface area (Å²) >= 11 is 6.85. The molecule has 0 amide bonds. The van der Waals surface area contributed by atoms with E-state index in [-0.39, 0.29) is 0 Å². The van der Waals surface area contributed by atoms with Gasteiger partial charge in [-0.1, -0.05) is 22.9 Å². The largest absolute Gasteiger partial charge is 0.492 e. The number of hydrogen-bond donors (Lipinski definition) is 0. The van der Waals surface area contributed by atoms with Crippen molar-refractivity contribution in [3.8, 4) is 11.8 Å². The average Bonchev–Trinajstić information content (AvgIpc) is 2.24. The third kappa shape index (κ3) is 3.66. The highest BCUT2D eigenvalue weighted by Crippen LogP contribution is 2.33. The number of allylic oxidation sites excluding steroid dienone is 1. The van der Waals surface area contributed by atoms with Crippen molar-refractivity contribution >= 4 is 37.9 Å². The quantitative estimate of drug-likeness (QED) is 0.751. The van der Waals surface area contributed by atoms with E-state index >= 15 is 0 Å². The molecule has 0 aliphatic heterocycles. The van der Waals surface area contributed by atoms with Gasteiger partial charge in [-0.15, -0.1) is 0 Å². The molecule has 16 heavy (non-hydrogen) atoms. The summed E-state index contributed by atoms with van der Waals surface area (Å²) in [7, 11) is 0. The lowest BCUT2D eigenvalue weighted by Gasteiger charge is -2.11. The van der Waals surface area contributed by atoms with E-state index in [0.717, 1.165) is 26.7 Å².